The van der Waals surface area contributed by atoms with Crippen molar-refractivity contribution in [3.8, 4) is 11.3 Å². The van der Waals surface area contributed by atoms with Gasteiger partial charge in [0.15, 0.2) is 11.7 Å². The van der Waals surface area contributed by atoms with Crippen LogP contribution in [0.15, 0.2) is 34.9 Å². The van der Waals surface area contributed by atoms with E-state index in [4.69, 9.17) is 9.15 Å². The highest BCUT2D eigenvalue weighted by molar-refractivity contribution is 5.69. The number of carbonyl (C=O) groups is 1. The Morgan fingerprint density at radius 1 is 1.26 bits per heavy atom. The van der Waals surface area contributed by atoms with E-state index >= 15 is 0 Å². The Balaban J connectivity index is 1.80. The number of oxazole rings is 1. The fourth-order valence-corrected chi connectivity index (χ4v) is 1.93. The number of esters is 1. The van der Waals surface area contributed by atoms with Gasteiger partial charge in [-0.25, -0.2) is 9.37 Å². The Kier molecular flexibility index (Phi) is 5.53. The summed E-state index contributed by atoms with van der Waals surface area (Å²) in [5.41, 5.74) is 0.894. The number of benzene rings is 1. The standard InChI is InChI=1S/C18H22FNO3/c1-18(2,3)10-11-22-17(21)9-8-16-20-12-15(23-16)13-4-6-14(19)7-5-13/h4-7,12H,8-11H2,1-3H3. The van der Waals surface area contributed by atoms with E-state index in [0.29, 0.717) is 24.7 Å². The molecule has 0 saturated heterocycles. The van der Waals surface area contributed by atoms with Gasteiger partial charge in [-0.1, -0.05) is 20.8 Å². The molecule has 0 bridgehead atoms. The first kappa shape index (κ1) is 17.2. The molecule has 0 N–H and O–H groups in total. The van der Waals surface area contributed by atoms with Crippen LogP contribution in [-0.4, -0.2) is 17.6 Å². The molecule has 23 heavy (non-hydrogen) atoms. The SMILES string of the molecule is CC(C)(C)CCOC(=O)CCc1ncc(-c2ccc(F)cc2)o1. The Labute approximate surface area is 135 Å². The molecule has 0 atom stereocenters. The molecule has 1 aromatic carbocycles. The lowest BCUT2D eigenvalue weighted by Gasteiger charge is -2.17. The number of halogens is 1. The molecule has 0 amide bonds. The molecule has 1 aromatic heterocycles. The molecule has 2 rings (SSSR count). The predicted molar refractivity (Wildman–Crippen MR) is 85.2 cm³/mol. The van der Waals surface area contributed by atoms with E-state index in [1.54, 1.807) is 18.3 Å². The van der Waals surface area contributed by atoms with E-state index in [9.17, 15) is 9.18 Å². The van der Waals surface area contributed by atoms with Crippen molar-refractivity contribution >= 4 is 5.97 Å². The highest BCUT2D eigenvalue weighted by atomic mass is 19.1. The number of ether oxygens (including phenoxy) is 1. The van der Waals surface area contributed by atoms with Crippen LogP contribution in [0.4, 0.5) is 4.39 Å². The average Bonchev–Trinajstić information content (AvgIpc) is 2.93. The third kappa shape index (κ3) is 5.85. The lowest BCUT2D eigenvalue weighted by Crippen LogP contribution is -2.13. The van der Waals surface area contributed by atoms with E-state index in [1.165, 1.54) is 12.1 Å². The third-order valence-corrected chi connectivity index (χ3v) is 3.34. The summed E-state index contributed by atoms with van der Waals surface area (Å²) in [5.74, 6) is 0.473. The Morgan fingerprint density at radius 2 is 1.96 bits per heavy atom. The quantitative estimate of drug-likeness (QED) is 0.741. The molecule has 0 aliphatic carbocycles. The van der Waals surface area contributed by atoms with Gasteiger partial charge in [0.05, 0.1) is 19.2 Å². The minimum absolute atomic E-state index is 0.146. The fourth-order valence-electron chi connectivity index (χ4n) is 1.93. The van der Waals surface area contributed by atoms with Gasteiger partial charge < -0.3 is 9.15 Å². The Bertz CT molecular complexity index is 641. The van der Waals surface area contributed by atoms with Crippen LogP contribution in [0.25, 0.3) is 11.3 Å². The number of rotatable bonds is 6. The molecular formula is C18H22FNO3. The Morgan fingerprint density at radius 3 is 2.61 bits per heavy atom. The van der Waals surface area contributed by atoms with Crippen LogP contribution in [0.3, 0.4) is 0 Å². The van der Waals surface area contributed by atoms with Crippen LogP contribution in [0, 0.1) is 11.2 Å². The summed E-state index contributed by atoms with van der Waals surface area (Å²) >= 11 is 0. The van der Waals surface area contributed by atoms with Gasteiger partial charge in [-0.2, -0.15) is 0 Å². The van der Waals surface area contributed by atoms with Gasteiger partial charge >= 0.3 is 5.97 Å². The van der Waals surface area contributed by atoms with Crippen LogP contribution in [0.2, 0.25) is 0 Å². The molecule has 1 heterocycles. The number of hydrogen-bond acceptors (Lipinski definition) is 4. The maximum atomic E-state index is 12.9. The van der Waals surface area contributed by atoms with Gasteiger partial charge in [-0.15, -0.1) is 0 Å². The molecule has 0 saturated carbocycles. The molecular weight excluding hydrogens is 297 g/mol. The van der Waals surface area contributed by atoms with Crippen molar-refractivity contribution < 1.29 is 18.3 Å². The second kappa shape index (κ2) is 7.40. The normalized spacial score (nSPS) is 11.5. The fraction of sp³-hybridized carbons (Fsp3) is 0.444. The van der Waals surface area contributed by atoms with Gasteiger partial charge in [-0.3, -0.25) is 4.79 Å². The zero-order valence-corrected chi connectivity index (χ0v) is 13.8. The van der Waals surface area contributed by atoms with Crippen LogP contribution in [-0.2, 0) is 16.0 Å². The first-order chi connectivity index (χ1) is 10.8. The second-order valence-electron chi connectivity index (χ2n) is 6.66. The third-order valence-electron chi connectivity index (χ3n) is 3.34. The van der Waals surface area contributed by atoms with Crippen molar-refractivity contribution in [1.82, 2.24) is 4.98 Å². The molecule has 0 aliphatic heterocycles. The number of carbonyl (C=O) groups excluding carboxylic acids is 1. The van der Waals surface area contributed by atoms with E-state index in [1.807, 2.05) is 0 Å². The van der Waals surface area contributed by atoms with Gasteiger partial charge in [0.25, 0.3) is 0 Å². The molecule has 0 radical (unpaired) electrons. The summed E-state index contributed by atoms with van der Waals surface area (Å²) < 4.78 is 23.7. The van der Waals surface area contributed by atoms with Crippen LogP contribution in [0.5, 0.6) is 0 Å². The van der Waals surface area contributed by atoms with Crippen molar-refractivity contribution in [3.05, 3.63) is 42.2 Å². The Hall–Kier alpha value is -2.17. The molecule has 124 valence electrons. The van der Waals surface area contributed by atoms with Crippen LogP contribution < -0.4 is 0 Å². The molecule has 2 aromatic rings. The number of aryl methyl sites for hydroxylation is 1. The second-order valence-corrected chi connectivity index (χ2v) is 6.66. The van der Waals surface area contributed by atoms with Crippen molar-refractivity contribution in [2.45, 2.75) is 40.0 Å². The summed E-state index contributed by atoms with van der Waals surface area (Å²) in [6.45, 7) is 6.73. The van der Waals surface area contributed by atoms with Crippen molar-refractivity contribution in [3.63, 3.8) is 0 Å². The number of hydrogen-bond donors (Lipinski definition) is 0. The molecule has 0 aliphatic rings. The smallest absolute Gasteiger partial charge is 0.306 e. The molecule has 4 nitrogen and oxygen atoms in total. The number of nitrogens with zero attached hydrogens (tertiary/aromatic N) is 1. The van der Waals surface area contributed by atoms with E-state index in [2.05, 4.69) is 25.8 Å². The molecule has 0 fully saturated rings. The lowest BCUT2D eigenvalue weighted by molar-refractivity contribution is -0.144. The first-order valence-corrected chi connectivity index (χ1v) is 7.70. The minimum Gasteiger partial charge on any atom is -0.466 e. The topological polar surface area (TPSA) is 52.3 Å². The monoisotopic (exact) mass is 319 g/mol. The summed E-state index contributed by atoms with van der Waals surface area (Å²) in [4.78, 5) is 15.8. The molecule has 0 unspecified atom stereocenters. The molecule has 5 heteroatoms. The largest absolute Gasteiger partial charge is 0.466 e. The lowest BCUT2D eigenvalue weighted by atomic mass is 9.93. The highest BCUT2D eigenvalue weighted by Gasteiger charge is 2.13. The van der Waals surface area contributed by atoms with Crippen molar-refractivity contribution in [1.29, 1.82) is 0 Å². The average molecular weight is 319 g/mol. The summed E-state index contributed by atoms with van der Waals surface area (Å²) in [7, 11) is 0. The van der Waals surface area contributed by atoms with Gasteiger partial charge in [-0.05, 0) is 36.1 Å². The number of aromatic nitrogens is 1. The highest BCUT2D eigenvalue weighted by Crippen LogP contribution is 2.21. The van der Waals surface area contributed by atoms with Gasteiger partial charge in [0, 0.05) is 12.0 Å². The van der Waals surface area contributed by atoms with Crippen LogP contribution in [0.1, 0.15) is 39.5 Å². The maximum Gasteiger partial charge on any atom is 0.306 e. The summed E-state index contributed by atoms with van der Waals surface area (Å²) in [6.07, 6.45) is 3.02. The van der Waals surface area contributed by atoms with E-state index in [0.717, 1.165) is 12.0 Å². The minimum atomic E-state index is -0.300. The summed E-state index contributed by atoms with van der Waals surface area (Å²) in [5, 5.41) is 0. The zero-order chi connectivity index (χ0) is 16.9. The van der Waals surface area contributed by atoms with Gasteiger partial charge in [0.1, 0.15) is 5.82 Å². The summed E-state index contributed by atoms with van der Waals surface area (Å²) in [6, 6.07) is 5.98. The first-order valence-electron chi connectivity index (χ1n) is 7.70. The van der Waals surface area contributed by atoms with E-state index < -0.39 is 0 Å². The van der Waals surface area contributed by atoms with Gasteiger partial charge in [0.2, 0.25) is 0 Å². The maximum absolute atomic E-state index is 12.9. The van der Waals surface area contributed by atoms with Crippen LogP contribution >= 0.6 is 0 Å². The zero-order valence-electron chi connectivity index (χ0n) is 13.8. The van der Waals surface area contributed by atoms with Crippen molar-refractivity contribution in [2.75, 3.05) is 6.61 Å². The van der Waals surface area contributed by atoms with Crippen molar-refractivity contribution in [2.24, 2.45) is 5.41 Å². The molecule has 0 spiro atoms. The predicted octanol–water partition coefficient (Wildman–Crippen LogP) is 4.39. The van der Waals surface area contributed by atoms with E-state index in [-0.39, 0.29) is 23.6 Å².